The first-order chi connectivity index (χ1) is 12.1. The van der Waals surface area contributed by atoms with Gasteiger partial charge in [-0.05, 0) is 50.6 Å². The number of halogens is 1. The van der Waals surface area contributed by atoms with Gasteiger partial charge >= 0.3 is 0 Å². The number of hydrogen-bond acceptors (Lipinski definition) is 4. The number of likely N-dealkylation sites (tertiary alicyclic amines) is 2. The van der Waals surface area contributed by atoms with Crippen molar-refractivity contribution in [3.63, 3.8) is 0 Å². The Balaban J connectivity index is 1.43. The summed E-state index contributed by atoms with van der Waals surface area (Å²) in [5.41, 5.74) is 0.670. The summed E-state index contributed by atoms with van der Waals surface area (Å²) in [6.45, 7) is 3.93. The van der Waals surface area contributed by atoms with Crippen LogP contribution in [0.15, 0.2) is 22.7 Å². The number of carbonyl (C=O) groups is 2. The summed E-state index contributed by atoms with van der Waals surface area (Å²) in [4.78, 5) is 31.0. The summed E-state index contributed by atoms with van der Waals surface area (Å²) >= 11 is 3.41. The lowest BCUT2D eigenvalue weighted by molar-refractivity contribution is -0.131. The molecule has 3 heterocycles. The third-order valence-electron chi connectivity index (χ3n) is 5.33. The average Bonchev–Trinajstić information content (AvgIpc) is 3.28. The second-order valence-electron chi connectivity index (χ2n) is 6.91. The lowest BCUT2D eigenvalue weighted by Gasteiger charge is -2.30. The zero-order valence-corrected chi connectivity index (χ0v) is 15.7. The number of amides is 2. The minimum Gasteiger partial charge on any atom is -0.482 e. The maximum Gasteiger partial charge on any atom is 0.265 e. The molecule has 2 saturated heterocycles. The van der Waals surface area contributed by atoms with Crippen molar-refractivity contribution < 1.29 is 14.3 Å². The molecule has 4 rings (SSSR count). The van der Waals surface area contributed by atoms with Crippen LogP contribution in [0.5, 0.6) is 5.75 Å². The van der Waals surface area contributed by atoms with Crippen LogP contribution in [0.25, 0.3) is 0 Å². The topological polar surface area (TPSA) is 53.1 Å². The van der Waals surface area contributed by atoms with E-state index in [2.05, 4.69) is 20.8 Å². The van der Waals surface area contributed by atoms with Gasteiger partial charge in [-0.3, -0.25) is 19.4 Å². The van der Waals surface area contributed by atoms with Crippen LogP contribution in [0, 0.1) is 0 Å². The molecular weight excluding hydrogens is 386 g/mol. The first kappa shape index (κ1) is 16.8. The maximum atomic E-state index is 12.8. The number of rotatable bonds is 3. The predicted molar refractivity (Wildman–Crippen MR) is 97.8 cm³/mol. The van der Waals surface area contributed by atoms with Gasteiger partial charge in [-0.1, -0.05) is 15.9 Å². The van der Waals surface area contributed by atoms with Gasteiger partial charge in [-0.25, -0.2) is 0 Å². The van der Waals surface area contributed by atoms with E-state index in [0.717, 1.165) is 37.1 Å². The minimum absolute atomic E-state index is 0.0193. The summed E-state index contributed by atoms with van der Waals surface area (Å²) in [5, 5.41) is 0. The highest BCUT2D eigenvalue weighted by Gasteiger charge is 2.34. The highest BCUT2D eigenvalue weighted by Crippen LogP contribution is 2.34. The largest absolute Gasteiger partial charge is 0.482 e. The normalized spacial score (nSPS) is 23.7. The van der Waals surface area contributed by atoms with Crippen LogP contribution in [0.3, 0.4) is 0 Å². The Morgan fingerprint density at radius 2 is 2.04 bits per heavy atom. The molecule has 3 aliphatic heterocycles. The van der Waals surface area contributed by atoms with Crippen LogP contribution in [0.4, 0.5) is 5.69 Å². The molecule has 1 unspecified atom stereocenters. The highest BCUT2D eigenvalue weighted by atomic mass is 79.9. The Morgan fingerprint density at radius 3 is 2.84 bits per heavy atom. The molecule has 2 fully saturated rings. The van der Waals surface area contributed by atoms with Crippen molar-refractivity contribution in [3.05, 3.63) is 22.7 Å². The fourth-order valence-electron chi connectivity index (χ4n) is 3.96. The number of hydrogen-bond donors (Lipinski definition) is 0. The number of carbonyl (C=O) groups excluding carboxylic acids is 2. The van der Waals surface area contributed by atoms with E-state index in [1.165, 1.54) is 12.8 Å². The first-order valence-corrected chi connectivity index (χ1v) is 9.65. The minimum atomic E-state index is -0.168. The molecule has 1 aromatic carbocycles. The van der Waals surface area contributed by atoms with E-state index in [9.17, 15) is 9.59 Å². The Bertz CT molecular complexity index is 690. The Morgan fingerprint density at radius 1 is 1.24 bits per heavy atom. The van der Waals surface area contributed by atoms with Crippen molar-refractivity contribution in [2.75, 3.05) is 44.2 Å². The molecule has 6 nitrogen and oxygen atoms in total. The third kappa shape index (κ3) is 3.40. The number of nitrogens with zero attached hydrogens (tertiary/aromatic N) is 3. The van der Waals surface area contributed by atoms with Gasteiger partial charge in [0, 0.05) is 23.6 Å². The lowest BCUT2D eigenvalue weighted by atomic mass is 10.2. The SMILES string of the molecule is O=C(CN1C(=O)COc2cc(Br)ccc21)N1CCC(N2CCCC2)C1. The van der Waals surface area contributed by atoms with E-state index < -0.39 is 0 Å². The van der Waals surface area contributed by atoms with Gasteiger partial charge in [0.05, 0.1) is 5.69 Å². The van der Waals surface area contributed by atoms with E-state index in [4.69, 9.17) is 4.74 Å². The van der Waals surface area contributed by atoms with Gasteiger partial charge < -0.3 is 9.64 Å². The molecule has 0 bridgehead atoms. The summed E-state index contributed by atoms with van der Waals surface area (Å²) in [6, 6.07) is 5.99. The van der Waals surface area contributed by atoms with E-state index in [-0.39, 0.29) is 25.0 Å². The van der Waals surface area contributed by atoms with Crippen LogP contribution >= 0.6 is 15.9 Å². The van der Waals surface area contributed by atoms with Gasteiger partial charge in [-0.15, -0.1) is 0 Å². The highest BCUT2D eigenvalue weighted by molar-refractivity contribution is 9.10. The van der Waals surface area contributed by atoms with Crippen LogP contribution in [-0.2, 0) is 9.59 Å². The quantitative estimate of drug-likeness (QED) is 0.767. The van der Waals surface area contributed by atoms with Crippen LogP contribution in [0.1, 0.15) is 19.3 Å². The fourth-order valence-corrected chi connectivity index (χ4v) is 4.30. The Hall–Kier alpha value is -1.60. The Kier molecular flexibility index (Phi) is 4.69. The van der Waals surface area contributed by atoms with Gasteiger partial charge in [-0.2, -0.15) is 0 Å². The first-order valence-electron chi connectivity index (χ1n) is 8.86. The fraction of sp³-hybridized carbons (Fsp3) is 0.556. The maximum absolute atomic E-state index is 12.8. The average molecular weight is 408 g/mol. The van der Waals surface area contributed by atoms with Gasteiger partial charge in [0.2, 0.25) is 5.91 Å². The molecule has 0 aromatic heterocycles. The molecule has 1 atom stereocenters. The standard InChI is InChI=1S/C18H22BrN3O3/c19-13-3-4-15-16(9-13)25-12-18(24)22(15)11-17(23)21-8-5-14(10-21)20-6-1-2-7-20/h3-4,9,14H,1-2,5-8,10-12H2. The third-order valence-corrected chi connectivity index (χ3v) is 5.82. The van der Waals surface area contributed by atoms with E-state index in [1.54, 1.807) is 4.90 Å². The van der Waals surface area contributed by atoms with Crippen molar-refractivity contribution in [2.45, 2.75) is 25.3 Å². The van der Waals surface area contributed by atoms with Crippen molar-refractivity contribution in [1.29, 1.82) is 0 Å². The molecule has 25 heavy (non-hydrogen) atoms. The molecular formula is C18H22BrN3O3. The van der Waals surface area contributed by atoms with Crippen molar-refractivity contribution in [3.8, 4) is 5.75 Å². The second-order valence-corrected chi connectivity index (χ2v) is 7.82. The van der Waals surface area contributed by atoms with Crippen molar-refractivity contribution in [2.24, 2.45) is 0 Å². The zero-order valence-electron chi connectivity index (χ0n) is 14.1. The molecule has 0 spiro atoms. The number of ether oxygens (including phenoxy) is 1. The number of benzene rings is 1. The lowest BCUT2D eigenvalue weighted by Crippen LogP contribution is -2.46. The van der Waals surface area contributed by atoms with Gasteiger partial charge in [0.15, 0.2) is 6.61 Å². The number of fused-ring (bicyclic) bond motifs is 1. The monoisotopic (exact) mass is 407 g/mol. The summed E-state index contributed by atoms with van der Waals surface area (Å²) in [5.74, 6) is 0.488. The van der Waals surface area contributed by atoms with E-state index >= 15 is 0 Å². The van der Waals surface area contributed by atoms with Crippen molar-refractivity contribution in [1.82, 2.24) is 9.80 Å². The Labute approximate surface area is 155 Å². The van der Waals surface area contributed by atoms with Gasteiger partial charge in [0.25, 0.3) is 5.91 Å². The molecule has 7 heteroatoms. The predicted octanol–water partition coefficient (Wildman–Crippen LogP) is 1.87. The molecule has 134 valence electrons. The van der Waals surface area contributed by atoms with E-state index in [0.29, 0.717) is 17.5 Å². The molecule has 1 aromatic rings. The molecule has 0 radical (unpaired) electrons. The molecule has 0 aliphatic carbocycles. The molecule has 3 aliphatic rings. The zero-order chi connectivity index (χ0) is 17.4. The smallest absolute Gasteiger partial charge is 0.265 e. The van der Waals surface area contributed by atoms with Crippen LogP contribution < -0.4 is 9.64 Å². The summed E-state index contributed by atoms with van der Waals surface area (Å²) in [7, 11) is 0. The molecule has 2 amide bonds. The summed E-state index contributed by atoms with van der Waals surface area (Å²) in [6.07, 6.45) is 3.56. The second kappa shape index (κ2) is 6.96. The molecule has 0 N–H and O–H groups in total. The van der Waals surface area contributed by atoms with Gasteiger partial charge in [0.1, 0.15) is 12.3 Å². The van der Waals surface area contributed by atoms with Crippen LogP contribution in [-0.4, -0.2) is 67.0 Å². The number of anilines is 1. The molecule has 0 saturated carbocycles. The van der Waals surface area contributed by atoms with Crippen LogP contribution in [0.2, 0.25) is 0 Å². The van der Waals surface area contributed by atoms with Crippen molar-refractivity contribution >= 4 is 33.4 Å². The summed E-state index contributed by atoms with van der Waals surface area (Å²) < 4.78 is 6.37. The van der Waals surface area contributed by atoms with E-state index in [1.807, 2.05) is 23.1 Å².